The van der Waals surface area contributed by atoms with E-state index in [1.165, 1.54) is 15.8 Å². The van der Waals surface area contributed by atoms with Crippen LogP contribution in [0.25, 0.3) is 0 Å². The van der Waals surface area contributed by atoms with Gasteiger partial charge in [0.1, 0.15) is 0 Å². The van der Waals surface area contributed by atoms with E-state index in [1.807, 2.05) is 30.3 Å². The number of hydrogen-bond donors (Lipinski definition) is 3. The Balaban J connectivity index is 2.08. The monoisotopic (exact) mass is 301 g/mol. The van der Waals surface area contributed by atoms with Crippen LogP contribution in [-0.2, 0) is 20.0 Å². The lowest BCUT2D eigenvalue weighted by Crippen LogP contribution is -2.31. The molecule has 0 amide bonds. The Bertz CT molecular complexity index is 777. The van der Waals surface area contributed by atoms with Crippen LogP contribution in [0.15, 0.2) is 58.0 Å². The van der Waals surface area contributed by atoms with Crippen molar-refractivity contribution < 1.29 is 0 Å². The molecule has 22 heavy (non-hydrogen) atoms. The van der Waals surface area contributed by atoms with Crippen molar-refractivity contribution in [2.24, 2.45) is 18.6 Å². The molecule has 1 aromatic carbocycles. The van der Waals surface area contributed by atoms with Crippen LogP contribution >= 0.6 is 0 Å². The van der Waals surface area contributed by atoms with Gasteiger partial charge in [0, 0.05) is 37.1 Å². The lowest BCUT2D eigenvalue weighted by molar-refractivity contribution is 0.382. The SMILES string of the molecule is Cn1cc(C/C(N)=C/N(N)Cc2ccccc2)c(=O)[nH]c1=O. The van der Waals surface area contributed by atoms with Gasteiger partial charge in [-0.2, -0.15) is 0 Å². The second-order valence-electron chi connectivity index (χ2n) is 5.06. The third-order valence-corrected chi connectivity index (χ3v) is 3.12. The molecule has 0 atom stereocenters. The van der Waals surface area contributed by atoms with Crippen LogP contribution < -0.4 is 22.8 Å². The molecule has 0 spiro atoms. The van der Waals surface area contributed by atoms with Gasteiger partial charge in [0.15, 0.2) is 0 Å². The Morgan fingerprint density at radius 2 is 2.00 bits per heavy atom. The van der Waals surface area contributed by atoms with Crippen molar-refractivity contribution in [1.29, 1.82) is 0 Å². The predicted octanol–water partition coefficient (Wildman–Crippen LogP) is -0.208. The number of nitrogens with zero attached hydrogens (tertiary/aromatic N) is 2. The van der Waals surface area contributed by atoms with Gasteiger partial charge in [-0.05, 0) is 5.56 Å². The third-order valence-electron chi connectivity index (χ3n) is 3.12. The van der Waals surface area contributed by atoms with Gasteiger partial charge in [-0.1, -0.05) is 30.3 Å². The Morgan fingerprint density at radius 1 is 1.32 bits per heavy atom. The third kappa shape index (κ3) is 4.10. The summed E-state index contributed by atoms with van der Waals surface area (Å²) in [4.78, 5) is 25.2. The summed E-state index contributed by atoms with van der Waals surface area (Å²) in [6, 6.07) is 9.71. The lowest BCUT2D eigenvalue weighted by atomic mass is 10.2. The fourth-order valence-corrected chi connectivity index (χ4v) is 2.06. The number of aryl methyl sites for hydroxylation is 1. The average molecular weight is 301 g/mol. The van der Waals surface area contributed by atoms with E-state index in [-0.39, 0.29) is 6.42 Å². The van der Waals surface area contributed by atoms with Crippen LogP contribution in [0.4, 0.5) is 0 Å². The summed E-state index contributed by atoms with van der Waals surface area (Å²) in [6.45, 7) is 0.505. The highest BCUT2D eigenvalue weighted by atomic mass is 16.2. The number of benzene rings is 1. The normalized spacial score (nSPS) is 11.5. The molecule has 1 heterocycles. The summed E-state index contributed by atoms with van der Waals surface area (Å²) >= 11 is 0. The molecule has 2 aromatic rings. The van der Waals surface area contributed by atoms with E-state index in [4.69, 9.17) is 11.6 Å². The zero-order valence-corrected chi connectivity index (χ0v) is 12.3. The highest BCUT2D eigenvalue weighted by Crippen LogP contribution is 2.03. The number of rotatable bonds is 5. The molecule has 1 aromatic heterocycles. The Labute approximate surface area is 127 Å². The first-order chi connectivity index (χ1) is 10.5. The molecule has 2 rings (SSSR count). The van der Waals surface area contributed by atoms with E-state index >= 15 is 0 Å². The highest BCUT2D eigenvalue weighted by molar-refractivity contribution is 5.16. The topological polar surface area (TPSA) is 110 Å². The summed E-state index contributed by atoms with van der Waals surface area (Å²) in [5.41, 5.74) is 6.91. The van der Waals surface area contributed by atoms with Gasteiger partial charge in [-0.3, -0.25) is 9.78 Å². The fourth-order valence-electron chi connectivity index (χ4n) is 2.06. The molecular formula is C15H19N5O2. The summed E-state index contributed by atoms with van der Waals surface area (Å²) < 4.78 is 1.30. The molecule has 0 bridgehead atoms. The van der Waals surface area contributed by atoms with Crippen molar-refractivity contribution in [3.05, 3.63) is 80.4 Å². The molecule has 0 fully saturated rings. The van der Waals surface area contributed by atoms with Crippen molar-refractivity contribution in [3.63, 3.8) is 0 Å². The van der Waals surface area contributed by atoms with Crippen molar-refractivity contribution in [3.8, 4) is 0 Å². The maximum atomic E-state index is 11.7. The summed E-state index contributed by atoms with van der Waals surface area (Å²) in [6.07, 6.45) is 3.27. The highest BCUT2D eigenvalue weighted by Gasteiger charge is 2.05. The fraction of sp³-hybridized carbons (Fsp3) is 0.200. The molecule has 5 N–H and O–H groups in total. The first-order valence-electron chi connectivity index (χ1n) is 6.76. The molecule has 0 radical (unpaired) electrons. The van der Waals surface area contributed by atoms with E-state index in [2.05, 4.69) is 4.98 Å². The number of aromatic amines is 1. The Kier molecular flexibility index (Phi) is 4.80. The van der Waals surface area contributed by atoms with Gasteiger partial charge in [0.25, 0.3) is 5.56 Å². The van der Waals surface area contributed by atoms with Crippen LogP contribution in [0.1, 0.15) is 11.1 Å². The molecule has 7 nitrogen and oxygen atoms in total. The predicted molar refractivity (Wildman–Crippen MR) is 84.5 cm³/mol. The number of allylic oxidation sites excluding steroid dienone is 1. The molecule has 0 saturated heterocycles. The molecule has 116 valence electrons. The molecular weight excluding hydrogens is 282 g/mol. The first-order valence-corrected chi connectivity index (χ1v) is 6.76. The van der Waals surface area contributed by atoms with Crippen molar-refractivity contribution in [1.82, 2.24) is 14.6 Å². The lowest BCUT2D eigenvalue weighted by Gasteiger charge is -2.15. The first kappa shape index (κ1) is 15.6. The van der Waals surface area contributed by atoms with E-state index in [9.17, 15) is 9.59 Å². The van der Waals surface area contributed by atoms with Gasteiger partial charge >= 0.3 is 5.69 Å². The van der Waals surface area contributed by atoms with Gasteiger partial charge in [0.2, 0.25) is 0 Å². The molecule has 0 unspecified atom stereocenters. The van der Waals surface area contributed by atoms with Gasteiger partial charge < -0.3 is 15.3 Å². The molecule has 7 heteroatoms. The van der Waals surface area contributed by atoms with Crippen LogP contribution in [-0.4, -0.2) is 14.6 Å². The summed E-state index contributed by atoms with van der Waals surface area (Å²) in [7, 11) is 1.56. The van der Waals surface area contributed by atoms with Gasteiger partial charge in [-0.25, -0.2) is 10.6 Å². The standard InChI is InChI=1S/C15H19N5O2/c1-19-9-12(14(21)18-15(19)22)7-13(16)10-20(17)8-11-5-3-2-4-6-11/h2-6,9-10H,7-8,16-17H2,1H3,(H,18,21,22)/b13-10-. The molecule has 0 aliphatic heterocycles. The molecule has 0 aliphatic carbocycles. The van der Waals surface area contributed by atoms with Crippen LogP contribution in [0.5, 0.6) is 0 Å². The van der Waals surface area contributed by atoms with Gasteiger partial charge in [-0.15, -0.1) is 0 Å². The number of nitrogens with two attached hydrogens (primary N) is 2. The maximum Gasteiger partial charge on any atom is 0.328 e. The minimum atomic E-state index is -0.458. The smallest absolute Gasteiger partial charge is 0.328 e. The number of hydrazine groups is 1. The molecule has 0 saturated carbocycles. The van der Waals surface area contributed by atoms with Crippen LogP contribution in [0.3, 0.4) is 0 Å². The van der Waals surface area contributed by atoms with Crippen LogP contribution in [0, 0.1) is 0 Å². The summed E-state index contributed by atoms with van der Waals surface area (Å²) in [5.74, 6) is 5.89. The second kappa shape index (κ2) is 6.77. The zero-order valence-electron chi connectivity index (χ0n) is 12.3. The minimum absolute atomic E-state index is 0.214. The number of nitrogens with one attached hydrogen (secondary N) is 1. The number of H-pyrrole nitrogens is 1. The van der Waals surface area contributed by atoms with E-state index in [1.54, 1.807) is 13.2 Å². The quantitative estimate of drug-likeness (QED) is 0.523. The largest absolute Gasteiger partial charge is 0.401 e. The van der Waals surface area contributed by atoms with E-state index < -0.39 is 11.2 Å². The molecule has 0 aliphatic rings. The van der Waals surface area contributed by atoms with Gasteiger partial charge in [0.05, 0.1) is 6.54 Å². The number of aromatic nitrogens is 2. The van der Waals surface area contributed by atoms with E-state index in [0.717, 1.165) is 5.56 Å². The van der Waals surface area contributed by atoms with Crippen molar-refractivity contribution in [2.75, 3.05) is 0 Å². The van der Waals surface area contributed by atoms with Crippen molar-refractivity contribution in [2.45, 2.75) is 13.0 Å². The Hall–Kier alpha value is -2.80. The van der Waals surface area contributed by atoms with Crippen LogP contribution in [0.2, 0.25) is 0 Å². The number of hydrogen-bond acceptors (Lipinski definition) is 5. The van der Waals surface area contributed by atoms with Crippen molar-refractivity contribution >= 4 is 0 Å². The minimum Gasteiger partial charge on any atom is -0.401 e. The Morgan fingerprint density at radius 3 is 2.68 bits per heavy atom. The van der Waals surface area contributed by atoms with E-state index in [0.29, 0.717) is 17.8 Å². The summed E-state index contributed by atoms with van der Waals surface area (Å²) in [5, 5.41) is 1.46. The zero-order chi connectivity index (χ0) is 16.1. The average Bonchev–Trinajstić information content (AvgIpc) is 2.45. The second-order valence-corrected chi connectivity index (χ2v) is 5.06. The maximum absolute atomic E-state index is 11.7.